The number of rotatable bonds is 7. The third-order valence-electron chi connectivity index (χ3n) is 3.16. The molecule has 112 valence electrons. The van der Waals surface area contributed by atoms with Crippen molar-refractivity contribution in [1.82, 2.24) is 10.3 Å². The maximum Gasteiger partial charge on any atom is 0.251 e. The minimum Gasteiger partial charge on any atom is -0.373 e. The smallest absolute Gasteiger partial charge is 0.251 e. The number of aromatic nitrogens is 1. The Bertz CT molecular complexity index is 469. The van der Waals surface area contributed by atoms with Crippen molar-refractivity contribution in [3.63, 3.8) is 0 Å². The molecular weight excluding hydrogens is 274 g/mol. The lowest BCUT2D eigenvalue weighted by Gasteiger charge is -2.11. The number of nitrogens with one attached hydrogen (secondary N) is 2. The van der Waals surface area contributed by atoms with Gasteiger partial charge < -0.3 is 10.6 Å². The highest BCUT2D eigenvalue weighted by Gasteiger charge is 2.10. The zero-order valence-corrected chi connectivity index (χ0v) is 13.3. The van der Waals surface area contributed by atoms with E-state index < -0.39 is 10.8 Å². The van der Waals surface area contributed by atoms with Crippen molar-refractivity contribution in [2.24, 2.45) is 0 Å². The van der Waals surface area contributed by atoms with Gasteiger partial charge in [0.15, 0.2) is 0 Å². The molecule has 2 atom stereocenters. The Hall–Kier alpha value is -1.43. The van der Waals surface area contributed by atoms with Gasteiger partial charge in [0.25, 0.3) is 5.91 Å². The van der Waals surface area contributed by atoms with Crippen molar-refractivity contribution >= 4 is 22.5 Å². The second kappa shape index (κ2) is 7.99. The first-order chi connectivity index (χ1) is 9.47. The average molecular weight is 297 g/mol. The molecule has 20 heavy (non-hydrogen) atoms. The van der Waals surface area contributed by atoms with E-state index in [0.717, 1.165) is 12.1 Å². The number of anilines is 1. The normalized spacial score (nSPS) is 13.6. The molecule has 0 saturated heterocycles. The molecule has 1 amide bonds. The highest BCUT2D eigenvalue weighted by atomic mass is 32.2. The highest BCUT2D eigenvalue weighted by Crippen LogP contribution is 2.11. The van der Waals surface area contributed by atoms with E-state index in [1.54, 1.807) is 25.4 Å². The monoisotopic (exact) mass is 297 g/mol. The van der Waals surface area contributed by atoms with Crippen LogP contribution in [-0.4, -0.2) is 40.2 Å². The van der Waals surface area contributed by atoms with E-state index in [-0.39, 0.29) is 11.2 Å². The van der Waals surface area contributed by atoms with Crippen LogP contribution in [0.15, 0.2) is 12.1 Å². The van der Waals surface area contributed by atoms with E-state index in [1.807, 2.05) is 13.8 Å². The number of amides is 1. The minimum absolute atomic E-state index is 0.0896. The highest BCUT2D eigenvalue weighted by molar-refractivity contribution is 7.84. The molecular formula is C14H23N3O2S. The zero-order chi connectivity index (χ0) is 15.1. The van der Waals surface area contributed by atoms with Gasteiger partial charge in [-0.15, -0.1) is 0 Å². The summed E-state index contributed by atoms with van der Waals surface area (Å²) in [7, 11) is 0.928. The van der Waals surface area contributed by atoms with E-state index >= 15 is 0 Å². The van der Waals surface area contributed by atoms with Gasteiger partial charge in [-0.3, -0.25) is 9.00 Å². The number of carbonyl (C=O) groups is 1. The maximum atomic E-state index is 12.1. The summed E-state index contributed by atoms with van der Waals surface area (Å²) in [6.45, 7) is 4.45. The van der Waals surface area contributed by atoms with Crippen molar-refractivity contribution in [2.75, 3.05) is 25.2 Å². The summed E-state index contributed by atoms with van der Waals surface area (Å²) in [6, 6.07) is 3.54. The van der Waals surface area contributed by atoms with Crippen LogP contribution in [-0.2, 0) is 17.2 Å². The second-order valence-electron chi connectivity index (χ2n) is 4.69. The average Bonchev–Trinajstić information content (AvgIpc) is 2.46. The molecule has 0 aromatic carbocycles. The van der Waals surface area contributed by atoms with Crippen LogP contribution in [0.5, 0.6) is 0 Å². The zero-order valence-electron chi connectivity index (χ0n) is 12.5. The quantitative estimate of drug-likeness (QED) is 0.801. The van der Waals surface area contributed by atoms with Gasteiger partial charge in [-0.25, -0.2) is 4.98 Å². The summed E-state index contributed by atoms with van der Waals surface area (Å²) in [5, 5.41) is 5.90. The number of hydrogen-bond donors (Lipinski definition) is 2. The number of pyridine rings is 1. The first-order valence-electron chi connectivity index (χ1n) is 6.77. The van der Waals surface area contributed by atoms with Gasteiger partial charge in [0, 0.05) is 47.2 Å². The predicted molar refractivity (Wildman–Crippen MR) is 83.6 cm³/mol. The van der Waals surface area contributed by atoms with E-state index in [0.29, 0.717) is 24.3 Å². The lowest BCUT2D eigenvalue weighted by atomic mass is 10.1. The molecule has 0 radical (unpaired) electrons. The maximum absolute atomic E-state index is 12.1. The second-order valence-corrected chi connectivity index (χ2v) is 6.49. The molecule has 6 heteroatoms. The molecule has 1 heterocycles. The standard InChI is InChI=1S/C14H23N3O2S/c1-5-12-8-11(9-13(15-3)17-12)14(18)16-7-6-10(2)20(4)19/h8-10H,5-7H2,1-4H3,(H,15,17)(H,16,18). The lowest BCUT2D eigenvalue weighted by molar-refractivity contribution is 0.0953. The van der Waals surface area contributed by atoms with Crippen LogP contribution in [0.4, 0.5) is 5.82 Å². The summed E-state index contributed by atoms with van der Waals surface area (Å²) in [5.74, 6) is 0.574. The van der Waals surface area contributed by atoms with Crippen LogP contribution in [0.25, 0.3) is 0 Å². The Balaban J connectivity index is 2.65. The van der Waals surface area contributed by atoms with Crippen LogP contribution in [0, 0.1) is 0 Å². The number of carbonyl (C=O) groups excluding carboxylic acids is 1. The summed E-state index contributed by atoms with van der Waals surface area (Å²) in [4.78, 5) is 16.4. The van der Waals surface area contributed by atoms with E-state index in [2.05, 4.69) is 15.6 Å². The van der Waals surface area contributed by atoms with Crippen molar-refractivity contribution < 1.29 is 9.00 Å². The molecule has 2 N–H and O–H groups in total. The molecule has 2 unspecified atom stereocenters. The van der Waals surface area contributed by atoms with Crippen LogP contribution >= 0.6 is 0 Å². The fourth-order valence-corrected chi connectivity index (χ4v) is 2.13. The molecule has 1 rings (SSSR count). The van der Waals surface area contributed by atoms with Gasteiger partial charge in [-0.2, -0.15) is 0 Å². The van der Waals surface area contributed by atoms with Crippen LogP contribution < -0.4 is 10.6 Å². The first kappa shape index (κ1) is 16.6. The first-order valence-corrected chi connectivity index (χ1v) is 8.39. The molecule has 1 aromatic rings. The predicted octanol–water partition coefficient (Wildman–Crippen LogP) is 1.57. The molecule has 0 fully saturated rings. The van der Waals surface area contributed by atoms with Crippen molar-refractivity contribution in [2.45, 2.75) is 31.9 Å². The van der Waals surface area contributed by atoms with Gasteiger partial charge in [0.2, 0.25) is 0 Å². The molecule has 5 nitrogen and oxygen atoms in total. The third kappa shape index (κ3) is 4.92. The van der Waals surface area contributed by atoms with Gasteiger partial charge in [-0.05, 0) is 25.0 Å². The SMILES string of the molecule is CCc1cc(C(=O)NCCC(C)S(C)=O)cc(NC)n1. The van der Waals surface area contributed by atoms with Crippen LogP contribution in [0.1, 0.15) is 36.3 Å². The van der Waals surface area contributed by atoms with Crippen LogP contribution in [0.2, 0.25) is 0 Å². The Labute approximate surface area is 123 Å². The van der Waals surface area contributed by atoms with E-state index in [4.69, 9.17) is 0 Å². The molecule has 0 aliphatic rings. The summed E-state index contributed by atoms with van der Waals surface area (Å²) < 4.78 is 11.2. The Morgan fingerprint density at radius 2 is 2.15 bits per heavy atom. The Morgan fingerprint density at radius 1 is 1.45 bits per heavy atom. The molecule has 0 spiro atoms. The van der Waals surface area contributed by atoms with Gasteiger partial charge >= 0.3 is 0 Å². The number of nitrogens with zero attached hydrogens (tertiary/aromatic N) is 1. The van der Waals surface area contributed by atoms with Crippen molar-refractivity contribution in [1.29, 1.82) is 0 Å². The molecule has 0 aliphatic carbocycles. The van der Waals surface area contributed by atoms with Gasteiger partial charge in [0.1, 0.15) is 5.82 Å². The number of aryl methyl sites for hydroxylation is 1. The Kier molecular flexibility index (Phi) is 6.64. The largest absolute Gasteiger partial charge is 0.373 e. The van der Waals surface area contributed by atoms with Crippen molar-refractivity contribution in [3.8, 4) is 0 Å². The fraction of sp³-hybridized carbons (Fsp3) is 0.571. The molecule has 0 aliphatic heterocycles. The Morgan fingerprint density at radius 3 is 2.70 bits per heavy atom. The van der Waals surface area contributed by atoms with E-state index in [9.17, 15) is 9.00 Å². The van der Waals surface area contributed by atoms with Crippen LogP contribution in [0.3, 0.4) is 0 Å². The molecule has 1 aromatic heterocycles. The van der Waals surface area contributed by atoms with Crippen molar-refractivity contribution in [3.05, 3.63) is 23.4 Å². The van der Waals surface area contributed by atoms with E-state index in [1.165, 1.54) is 0 Å². The molecule has 0 bridgehead atoms. The fourth-order valence-electron chi connectivity index (χ4n) is 1.68. The molecule has 0 saturated carbocycles. The summed E-state index contributed by atoms with van der Waals surface area (Å²) >= 11 is 0. The topological polar surface area (TPSA) is 71.1 Å². The lowest BCUT2D eigenvalue weighted by Crippen LogP contribution is -2.27. The van der Waals surface area contributed by atoms with Gasteiger partial charge in [0.05, 0.1) is 0 Å². The summed E-state index contributed by atoms with van der Waals surface area (Å²) in [5.41, 5.74) is 1.48. The third-order valence-corrected chi connectivity index (χ3v) is 4.53. The number of hydrogen-bond acceptors (Lipinski definition) is 4. The van der Waals surface area contributed by atoms with Gasteiger partial charge in [-0.1, -0.05) is 13.8 Å². The minimum atomic E-state index is -0.851. The summed E-state index contributed by atoms with van der Waals surface area (Å²) in [6.07, 6.45) is 3.17.